The molecule has 0 spiro atoms. The van der Waals surface area contributed by atoms with Crippen LogP contribution in [0.15, 0.2) is 39.8 Å². The average molecular weight is 247 g/mol. The number of hydrogen-bond acceptors (Lipinski definition) is 3. The van der Waals surface area contributed by atoms with Crippen molar-refractivity contribution in [2.75, 3.05) is 0 Å². The Morgan fingerprint density at radius 3 is 2.76 bits per heavy atom. The molecule has 17 heavy (non-hydrogen) atoms. The van der Waals surface area contributed by atoms with E-state index in [1.807, 2.05) is 24.3 Å². The summed E-state index contributed by atoms with van der Waals surface area (Å²) in [7, 11) is 0. The van der Waals surface area contributed by atoms with Crippen molar-refractivity contribution in [2.45, 2.75) is 37.5 Å². The van der Waals surface area contributed by atoms with Gasteiger partial charge in [-0.05, 0) is 25.0 Å². The Hall–Kier alpha value is -1.22. The van der Waals surface area contributed by atoms with E-state index in [4.69, 9.17) is 5.73 Å². The molecule has 0 aliphatic carbocycles. The summed E-state index contributed by atoms with van der Waals surface area (Å²) >= 11 is 1.52. The summed E-state index contributed by atoms with van der Waals surface area (Å²) in [5.74, 6) is 0.0969. The van der Waals surface area contributed by atoms with Crippen LogP contribution in [0.25, 0.3) is 0 Å². The molecular formula is C14H17NOS. The molecule has 0 amide bonds. The summed E-state index contributed by atoms with van der Waals surface area (Å²) in [5, 5.41) is 0. The highest BCUT2D eigenvalue weighted by molar-refractivity contribution is 8.04. The van der Waals surface area contributed by atoms with E-state index >= 15 is 0 Å². The van der Waals surface area contributed by atoms with Gasteiger partial charge in [0.05, 0.1) is 4.91 Å². The molecule has 0 aromatic heterocycles. The smallest absolute Gasteiger partial charge is 0.202 e. The Balaban J connectivity index is 2.15. The van der Waals surface area contributed by atoms with Gasteiger partial charge in [-0.15, -0.1) is 0 Å². The minimum absolute atomic E-state index is 0.0969. The highest BCUT2D eigenvalue weighted by Gasteiger charge is 2.27. The van der Waals surface area contributed by atoms with Crippen molar-refractivity contribution < 1.29 is 4.79 Å². The van der Waals surface area contributed by atoms with Gasteiger partial charge in [-0.3, -0.25) is 4.79 Å². The molecule has 0 atom stereocenters. The zero-order valence-electron chi connectivity index (χ0n) is 10.0. The molecule has 1 aliphatic rings. The first kappa shape index (κ1) is 12.2. The molecule has 1 aliphatic heterocycles. The predicted octanol–water partition coefficient (Wildman–Crippen LogP) is 3.73. The fourth-order valence-corrected chi connectivity index (χ4v) is 2.99. The normalized spacial score (nSPS) is 17.1. The second-order valence-electron chi connectivity index (χ2n) is 4.24. The molecular weight excluding hydrogens is 230 g/mol. The maximum absolute atomic E-state index is 12.1. The van der Waals surface area contributed by atoms with Crippen LogP contribution in [0.5, 0.6) is 0 Å². The number of benzene rings is 1. The number of carbonyl (C=O) groups excluding carboxylic acids is 1. The first-order valence-electron chi connectivity index (χ1n) is 6.04. The molecule has 90 valence electrons. The highest BCUT2D eigenvalue weighted by Crippen LogP contribution is 2.41. The van der Waals surface area contributed by atoms with Gasteiger partial charge in [-0.25, -0.2) is 0 Å². The first-order chi connectivity index (χ1) is 8.24. The number of rotatable bonds is 4. The molecule has 0 saturated heterocycles. The second-order valence-corrected chi connectivity index (χ2v) is 5.29. The van der Waals surface area contributed by atoms with Crippen molar-refractivity contribution in [1.82, 2.24) is 0 Å². The maximum atomic E-state index is 12.1. The van der Waals surface area contributed by atoms with Crippen LogP contribution in [0.4, 0.5) is 0 Å². The summed E-state index contributed by atoms with van der Waals surface area (Å²) in [6, 6.07) is 7.70. The number of fused-ring (bicyclic) bond motifs is 1. The SMILES string of the molecule is CCCCCC(N)=C1Sc2ccccc2C1=O. The van der Waals surface area contributed by atoms with Gasteiger partial charge in [0.1, 0.15) is 0 Å². The van der Waals surface area contributed by atoms with Gasteiger partial charge >= 0.3 is 0 Å². The molecule has 2 nitrogen and oxygen atoms in total. The lowest BCUT2D eigenvalue weighted by molar-refractivity contribution is 0.104. The van der Waals surface area contributed by atoms with Gasteiger partial charge < -0.3 is 5.73 Å². The Morgan fingerprint density at radius 1 is 1.29 bits per heavy atom. The van der Waals surface area contributed by atoms with Crippen LogP contribution in [0.3, 0.4) is 0 Å². The van der Waals surface area contributed by atoms with Gasteiger partial charge in [-0.1, -0.05) is 43.7 Å². The van der Waals surface area contributed by atoms with Gasteiger partial charge in [0, 0.05) is 16.2 Å². The third-order valence-corrected chi connectivity index (χ3v) is 4.12. The van der Waals surface area contributed by atoms with Gasteiger partial charge in [0.25, 0.3) is 0 Å². The topological polar surface area (TPSA) is 43.1 Å². The predicted molar refractivity (Wildman–Crippen MR) is 72.0 cm³/mol. The third kappa shape index (κ3) is 2.55. The van der Waals surface area contributed by atoms with E-state index in [1.54, 1.807) is 0 Å². The Morgan fingerprint density at radius 2 is 2.06 bits per heavy atom. The zero-order valence-corrected chi connectivity index (χ0v) is 10.8. The summed E-state index contributed by atoms with van der Waals surface area (Å²) in [6.07, 6.45) is 4.23. The molecule has 0 saturated carbocycles. The van der Waals surface area contributed by atoms with Crippen LogP contribution in [-0.2, 0) is 0 Å². The minimum Gasteiger partial charge on any atom is -0.401 e. The Kier molecular flexibility index (Phi) is 3.89. The van der Waals surface area contributed by atoms with E-state index < -0.39 is 0 Å². The number of ketones is 1. The molecule has 3 heteroatoms. The monoisotopic (exact) mass is 247 g/mol. The Bertz CT molecular complexity index is 465. The number of thioether (sulfide) groups is 1. The summed E-state index contributed by atoms with van der Waals surface area (Å²) in [5.41, 5.74) is 7.58. The lowest BCUT2D eigenvalue weighted by Crippen LogP contribution is -2.05. The van der Waals surface area contributed by atoms with E-state index in [1.165, 1.54) is 24.6 Å². The number of allylic oxidation sites excluding steroid dienone is 2. The molecule has 1 aromatic rings. The summed E-state index contributed by atoms with van der Waals surface area (Å²) in [4.78, 5) is 13.9. The summed E-state index contributed by atoms with van der Waals surface area (Å²) < 4.78 is 0. The van der Waals surface area contributed by atoms with Crippen molar-refractivity contribution in [3.8, 4) is 0 Å². The van der Waals surface area contributed by atoms with Crippen LogP contribution in [0.1, 0.15) is 43.0 Å². The standard InChI is InChI=1S/C14H17NOS/c1-2-3-4-8-11(15)14-13(16)10-7-5-6-9-12(10)17-14/h5-7,9H,2-4,8,15H2,1H3. The number of carbonyl (C=O) groups is 1. The van der Waals surface area contributed by atoms with Gasteiger partial charge in [0.15, 0.2) is 0 Å². The molecule has 1 heterocycles. The van der Waals surface area contributed by atoms with Gasteiger partial charge in [0.2, 0.25) is 5.78 Å². The number of unbranched alkanes of at least 4 members (excludes halogenated alkanes) is 2. The molecule has 2 rings (SSSR count). The Labute approximate surface area is 106 Å². The van der Waals surface area contributed by atoms with Crippen LogP contribution in [0.2, 0.25) is 0 Å². The largest absolute Gasteiger partial charge is 0.401 e. The van der Waals surface area contributed by atoms with Crippen LogP contribution in [0, 0.1) is 0 Å². The molecule has 1 aromatic carbocycles. The van der Waals surface area contributed by atoms with Crippen LogP contribution >= 0.6 is 11.8 Å². The molecule has 0 bridgehead atoms. The third-order valence-electron chi connectivity index (χ3n) is 2.89. The quantitative estimate of drug-likeness (QED) is 0.651. The van der Waals surface area contributed by atoms with Crippen LogP contribution < -0.4 is 5.73 Å². The van der Waals surface area contributed by atoms with E-state index in [0.29, 0.717) is 0 Å². The molecule has 0 fully saturated rings. The lowest BCUT2D eigenvalue weighted by atomic mass is 10.1. The van der Waals surface area contributed by atoms with E-state index in [9.17, 15) is 4.79 Å². The first-order valence-corrected chi connectivity index (χ1v) is 6.86. The molecule has 0 unspecified atom stereocenters. The number of nitrogens with two attached hydrogens (primary N) is 1. The average Bonchev–Trinajstić information content (AvgIpc) is 2.68. The number of hydrogen-bond donors (Lipinski definition) is 1. The van der Waals surface area contributed by atoms with Crippen molar-refractivity contribution in [3.05, 3.63) is 40.4 Å². The van der Waals surface area contributed by atoms with Crippen molar-refractivity contribution in [3.63, 3.8) is 0 Å². The zero-order chi connectivity index (χ0) is 12.3. The summed E-state index contributed by atoms with van der Waals surface area (Å²) in [6.45, 7) is 2.16. The van der Waals surface area contributed by atoms with E-state index in [0.717, 1.165) is 33.9 Å². The van der Waals surface area contributed by atoms with E-state index in [-0.39, 0.29) is 5.78 Å². The second kappa shape index (κ2) is 5.41. The van der Waals surface area contributed by atoms with Crippen molar-refractivity contribution in [1.29, 1.82) is 0 Å². The fraction of sp³-hybridized carbons (Fsp3) is 0.357. The van der Waals surface area contributed by atoms with Crippen molar-refractivity contribution >= 4 is 17.5 Å². The highest BCUT2D eigenvalue weighted by atomic mass is 32.2. The minimum atomic E-state index is 0.0969. The van der Waals surface area contributed by atoms with Crippen LogP contribution in [-0.4, -0.2) is 5.78 Å². The van der Waals surface area contributed by atoms with Gasteiger partial charge in [-0.2, -0.15) is 0 Å². The number of Topliss-reactive ketones (excluding diaryl/α,β-unsaturated/α-hetero) is 1. The fourth-order valence-electron chi connectivity index (χ4n) is 1.91. The molecule has 0 radical (unpaired) electrons. The van der Waals surface area contributed by atoms with Crippen molar-refractivity contribution in [2.24, 2.45) is 5.73 Å². The molecule has 2 N–H and O–H groups in total. The maximum Gasteiger partial charge on any atom is 0.202 e. The lowest BCUT2D eigenvalue weighted by Gasteiger charge is -2.03. The van der Waals surface area contributed by atoms with E-state index in [2.05, 4.69) is 6.92 Å².